The van der Waals surface area contributed by atoms with E-state index in [4.69, 9.17) is 4.74 Å². The Labute approximate surface area is 197 Å². The molecule has 1 fully saturated rings. The largest absolute Gasteiger partial charge is 0.493 e. The molecule has 0 unspecified atom stereocenters. The molecule has 0 atom stereocenters. The van der Waals surface area contributed by atoms with Gasteiger partial charge in [-0.15, -0.1) is 11.8 Å². The average molecular weight is 501 g/mol. The monoisotopic (exact) mass is 500 g/mol. The van der Waals surface area contributed by atoms with Crippen LogP contribution >= 0.6 is 11.8 Å². The molecule has 2 aliphatic rings. The van der Waals surface area contributed by atoms with Crippen LogP contribution in [0.25, 0.3) is 0 Å². The van der Waals surface area contributed by atoms with Crippen LogP contribution in [0.3, 0.4) is 0 Å². The SMILES string of the molecule is O=S(=O)(c1cccc(C(F)(F)F)c1)N1CCSc2ccc(OCCCN3CCCCC3)cc21. The zero-order valence-electron chi connectivity index (χ0n) is 18.2. The van der Waals surface area contributed by atoms with Gasteiger partial charge in [0.1, 0.15) is 5.75 Å². The Morgan fingerprint density at radius 1 is 1.00 bits per heavy atom. The van der Waals surface area contributed by atoms with Crippen LogP contribution in [0.2, 0.25) is 0 Å². The van der Waals surface area contributed by atoms with Crippen molar-refractivity contribution in [2.45, 2.75) is 41.7 Å². The second kappa shape index (κ2) is 10.1. The summed E-state index contributed by atoms with van der Waals surface area (Å²) in [6.45, 7) is 3.91. The quantitative estimate of drug-likeness (QED) is 0.486. The molecule has 0 saturated carbocycles. The molecule has 0 radical (unpaired) electrons. The fraction of sp³-hybridized carbons (Fsp3) is 0.478. The zero-order chi connectivity index (χ0) is 23.5. The Morgan fingerprint density at radius 3 is 2.55 bits per heavy atom. The maximum atomic E-state index is 13.3. The van der Waals surface area contributed by atoms with Gasteiger partial charge in [0.15, 0.2) is 0 Å². The van der Waals surface area contributed by atoms with Crippen LogP contribution in [0.1, 0.15) is 31.2 Å². The summed E-state index contributed by atoms with van der Waals surface area (Å²) >= 11 is 1.52. The number of anilines is 1. The van der Waals surface area contributed by atoms with Crippen molar-refractivity contribution in [1.29, 1.82) is 0 Å². The number of likely N-dealkylation sites (tertiary alicyclic amines) is 1. The number of thioether (sulfide) groups is 1. The van der Waals surface area contributed by atoms with E-state index in [1.54, 1.807) is 6.07 Å². The van der Waals surface area contributed by atoms with E-state index in [0.29, 0.717) is 29.9 Å². The number of hydrogen-bond acceptors (Lipinski definition) is 5. The van der Waals surface area contributed by atoms with Gasteiger partial charge in [0.05, 0.1) is 22.8 Å². The molecule has 4 rings (SSSR count). The lowest BCUT2D eigenvalue weighted by molar-refractivity contribution is -0.137. The lowest BCUT2D eigenvalue weighted by Crippen LogP contribution is -2.35. The van der Waals surface area contributed by atoms with Crippen molar-refractivity contribution in [3.05, 3.63) is 48.0 Å². The van der Waals surface area contributed by atoms with Crippen LogP contribution in [0, 0.1) is 0 Å². The molecule has 0 spiro atoms. The first-order chi connectivity index (χ1) is 15.7. The predicted octanol–water partition coefficient (Wildman–Crippen LogP) is 5.26. The van der Waals surface area contributed by atoms with Crippen LogP contribution < -0.4 is 9.04 Å². The minimum Gasteiger partial charge on any atom is -0.493 e. The molecule has 1 saturated heterocycles. The molecule has 2 heterocycles. The van der Waals surface area contributed by atoms with Gasteiger partial charge < -0.3 is 9.64 Å². The smallest absolute Gasteiger partial charge is 0.416 e. The summed E-state index contributed by atoms with van der Waals surface area (Å²) in [4.78, 5) is 2.82. The second-order valence-electron chi connectivity index (χ2n) is 8.19. The Balaban J connectivity index is 1.49. The van der Waals surface area contributed by atoms with Crippen molar-refractivity contribution in [2.24, 2.45) is 0 Å². The third kappa shape index (κ3) is 5.78. The lowest BCUT2D eigenvalue weighted by Gasteiger charge is -2.30. The van der Waals surface area contributed by atoms with Crippen molar-refractivity contribution < 1.29 is 26.3 Å². The van der Waals surface area contributed by atoms with E-state index in [2.05, 4.69) is 4.90 Å². The van der Waals surface area contributed by atoms with Crippen LogP contribution in [0.5, 0.6) is 5.75 Å². The summed E-state index contributed by atoms with van der Waals surface area (Å²) in [5.74, 6) is 1.07. The van der Waals surface area contributed by atoms with E-state index in [0.717, 1.165) is 43.1 Å². The Kier molecular flexibility index (Phi) is 7.45. The molecule has 180 valence electrons. The maximum absolute atomic E-state index is 13.3. The molecule has 33 heavy (non-hydrogen) atoms. The summed E-state index contributed by atoms with van der Waals surface area (Å²) in [6.07, 6.45) is 0.0214. The molecular weight excluding hydrogens is 473 g/mol. The average Bonchev–Trinajstić information content (AvgIpc) is 2.81. The van der Waals surface area contributed by atoms with Gasteiger partial charge in [-0.05, 0) is 62.7 Å². The fourth-order valence-corrected chi connectivity index (χ4v) is 6.80. The molecule has 10 heteroatoms. The van der Waals surface area contributed by atoms with E-state index in [-0.39, 0.29) is 11.4 Å². The topological polar surface area (TPSA) is 49.9 Å². The Hall–Kier alpha value is -1.91. The number of piperidine rings is 1. The van der Waals surface area contributed by atoms with E-state index in [1.807, 2.05) is 12.1 Å². The van der Waals surface area contributed by atoms with Gasteiger partial charge in [-0.1, -0.05) is 12.5 Å². The minimum atomic E-state index is -4.61. The molecule has 5 nitrogen and oxygen atoms in total. The number of nitrogens with zero attached hydrogens (tertiary/aromatic N) is 2. The molecule has 0 N–H and O–H groups in total. The Bertz CT molecular complexity index is 1070. The van der Waals surface area contributed by atoms with Crippen LogP contribution in [0.15, 0.2) is 52.3 Å². The van der Waals surface area contributed by atoms with Gasteiger partial charge in [0.2, 0.25) is 0 Å². The maximum Gasteiger partial charge on any atom is 0.416 e. The number of rotatable bonds is 7. The first-order valence-electron chi connectivity index (χ1n) is 11.1. The van der Waals surface area contributed by atoms with E-state index in [9.17, 15) is 21.6 Å². The van der Waals surface area contributed by atoms with Crippen molar-refractivity contribution in [1.82, 2.24) is 4.90 Å². The summed E-state index contributed by atoms with van der Waals surface area (Å²) in [5.41, 5.74) is -0.543. The number of alkyl halides is 3. The molecule has 0 aliphatic carbocycles. The summed E-state index contributed by atoms with van der Waals surface area (Å²) in [5, 5.41) is 0. The number of hydrogen-bond donors (Lipinski definition) is 0. The normalized spacial score (nSPS) is 17.6. The molecule has 0 amide bonds. The van der Waals surface area contributed by atoms with Crippen molar-refractivity contribution in [3.63, 3.8) is 0 Å². The van der Waals surface area contributed by atoms with Crippen molar-refractivity contribution >= 4 is 27.5 Å². The predicted molar refractivity (Wildman–Crippen MR) is 124 cm³/mol. The molecule has 2 aromatic carbocycles. The number of sulfonamides is 1. The highest BCUT2D eigenvalue weighted by Gasteiger charge is 2.34. The van der Waals surface area contributed by atoms with Gasteiger partial charge in [0.25, 0.3) is 10.0 Å². The second-order valence-corrected chi connectivity index (χ2v) is 11.2. The van der Waals surface area contributed by atoms with Gasteiger partial charge >= 0.3 is 6.18 Å². The van der Waals surface area contributed by atoms with Gasteiger partial charge in [-0.25, -0.2) is 8.42 Å². The van der Waals surface area contributed by atoms with Gasteiger partial charge in [-0.2, -0.15) is 13.2 Å². The summed E-state index contributed by atoms with van der Waals surface area (Å²) in [6, 6.07) is 9.19. The van der Waals surface area contributed by atoms with Crippen LogP contribution in [0.4, 0.5) is 18.9 Å². The molecule has 0 bridgehead atoms. The fourth-order valence-electron chi connectivity index (χ4n) is 4.13. The highest BCUT2D eigenvalue weighted by Crippen LogP contribution is 2.40. The van der Waals surface area contributed by atoms with Crippen molar-refractivity contribution in [3.8, 4) is 5.75 Å². The third-order valence-corrected chi connectivity index (χ3v) is 8.69. The first-order valence-corrected chi connectivity index (χ1v) is 13.5. The van der Waals surface area contributed by atoms with E-state index >= 15 is 0 Å². The minimum absolute atomic E-state index is 0.175. The van der Waals surface area contributed by atoms with Crippen LogP contribution in [-0.4, -0.2) is 51.9 Å². The summed E-state index contributed by atoms with van der Waals surface area (Å²) in [7, 11) is -4.16. The number of benzene rings is 2. The summed E-state index contributed by atoms with van der Waals surface area (Å²) < 4.78 is 73.0. The van der Waals surface area contributed by atoms with Gasteiger partial charge in [-0.3, -0.25) is 4.31 Å². The standard InChI is InChI=1S/C23H27F3N2O3S2/c24-23(25,26)18-6-4-7-20(16-18)33(29,30)28-13-15-32-22-9-8-19(17-21(22)28)31-14-5-12-27-10-2-1-3-11-27/h4,6-9,16-17H,1-3,5,10-15H2. The lowest BCUT2D eigenvalue weighted by atomic mass is 10.1. The Morgan fingerprint density at radius 2 is 1.79 bits per heavy atom. The molecule has 0 aromatic heterocycles. The number of fused-ring (bicyclic) bond motifs is 1. The highest BCUT2D eigenvalue weighted by molar-refractivity contribution is 8.00. The number of halogens is 3. The van der Waals surface area contributed by atoms with E-state index in [1.165, 1.54) is 41.4 Å². The third-order valence-electron chi connectivity index (χ3n) is 5.84. The van der Waals surface area contributed by atoms with Crippen molar-refractivity contribution in [2.75, 3.05) is 42.8 Å². The number of ether oxygens (including phenoxy) is 1. The zero-order valence-corrected chi connectivity index (χ0v) is 19.8. The van der Waals surface area contributed by atoms with Gasteiger partial charge in [0, 0.05) is 29.8 Å². The highest BCUT2D eigenvalue weighted by atomic mass is 32.2. The van der Waals surface area contributed by atoms with Crippen LogP contribution in [-0.2, 0) is 16.2 Å². The first kappa shape index (κ1) is 24.2. The molecular formula is C23H27F3N2O3S2. The molecule has 2 aliphatic heterocycles. The van der Waals surface area contributed by atoms with E-state index < -0.39 is 21.8 Å². The molecule has 2 aromatic rings.